The molecule has 0 bridgehead atoms. The minimum absolute atomic E-state index is 0.294. The molecule has 0 radical (unpaired) electrons. The predicted molar refractivity (Wildman–Crippen MR) is 85.4 cm³/mol. The van der Waals surface area contributed by atoms with Gasteiger partial charge in [-0.3, -0.25) is 0 Å². The lowest BCUT2D eigenvalue weighted by molar-refractivity contribution is 0.266. The topological polar surface area (TPSA) is 43.4 Å². The van der Waals surface area contributed by atoms with Gasteiger partial charge in [0, 0.05) is 6.54 Å². The van der Waals surface area contributed by atoms with Crippen molar-refractivity contribution >= 4 is 17.4 Å². The second-order valence-corrected chi connectivity index (χ2v) is 4.73. The number of anilines is 1. The van der Waals surface area contributed by atoms with E-state index < -0.39 is 0 Å². The number of pyridine rings is 1. The Balaban J connectivity index is 2.11. The number of nitrogens with one attached hydrogen (secondary N) is 1. The van der Waals surface area contributed by atoms with Crippen molar-refractivity contribution in [1.29, 1.82) is 0 Å². The van der Waals surface area contributed by atoms with E-state index in [9.17, 15) is 0 Å². The van der Waals surface area contributed by atoms with Gasteiger partial charge in [-0.2, -0.15) is 0 Å². The van der Waals surface area contributed by atoms with Crippen molar-refractivity contribution in [3.05, 3.63) is 47.1 Å². The summed E-state index contributed by atoms with van der Waals surface area (Å²) in [5.41, 5.74) is 0.696. The number of halogens is 1. The lowest BCUT2D eigenvalue weighted by Crippen LogP contribution is -2.05. The first-order chi connectivity index (χ1) is 10.2. The fourth-order valence-corrected chi connectivity index (χ4v) is 2.02. The number of para-hydroxylation sites is 2. The van der Waals surface area contributed by atoms with E-state index in [0.717, 1.165) is 18.1 Å². The summed E-state index contributed by atoms with van der Waals surface area (Å²) in [5.74, 6) is 2.20. The molecule has 112 valence electrons. The fourth-order valence-electron chi connectivity index (χ4n) is 1.86. The van der Waals surface area contributed by atoms with Gasteiger partial charge in [-0.1, -0.05) is 23.7 Å². The highest BCUT2D eigenvalue weighted by molar-refractivity contribution is 6.31. The highest BCUT2D eigenvalue weighted by atomic mass is 35.5. The lowest BCUT2D eigenvalue weighted by Gasteiger charge is -2.12. The Kier molecular flexibility index (Phi) is 5.69. The quantitative estimate of drug-likeness (QED) is 0.834. The van der Waals surface area contributed by atoms with Crippen molar-refractivity contribution in [2.75, 3.05) is 18.5 Å². The molecule has 0 fully saturated rings. The van der Waals surface area contributed by atoms with E-state index >= 15 is 0 Å². The molecule has 21 heavy (non-hydrogen) atoms. The van der Waals surface area contributed by atoms with Crippen LogP contribution in [0.1, 0.15) is 19.5 Å². The third-order valence-electron chi connectivity index (χ3n) is 2.79. The van der Waals surface area contributed by atoms with Gasteiger partial charge < -0.3 is 14.8 Å². The molecule has 2 aromatic rings. The van der Waals surface area contributed by atoms with Crippen molar-refractivity contribution in [3.8, 4) is 11.5 Å². The highest BCUT2D eigenvalue weighted by Gasteiger charge is 2.08. The van der Waals surface area contributed by atoms with Crippen LogP contribution in [0.5, 0.6) is 11.5 Å². The number of hydrogen-bond acceptors (Lipinski definition) is 4. The van der Waals surface area contributed by atoms with Crippen LogP contribution < -0.4 is 14.8 Å². The Bertz CT molecular complexity index is 590. The molecule has 0 unspecified atom stereocenters. The van der Waals surface area contributed by atoms with Gasteiger partial charge in [0.1, 0.15) is 12.4 Å². The number of aromatic nitrogens is 1. The van der Waals surface area contributed by atoms with Crippen LogP contribution in [0.3, 0.4) is 0 Å². The smallest absolute Gasteiger partial charge is 0.161 e. The van der Waals surface area contributed by atoms with Crippen molar-refractivity contribution in [3.63, 3.8) is 0 Å². The molecule has 0 saturated carbocycles. The minimum atomic E-state index is 0.294. The van der Waals surface area contributed by atoms with Crippen LogP contribution in [0.25, 0.3) is 0 Å². The first-order valence-corrected chi connectivity index (χ1v) is 7.36. The minimum Gasteiger partial charge on any atom is -0.490 e. The van der Waals surface area contributed by atoms with E-state index in [1.54, 1.807) is 0 Å². The van der Waals surface area contributed by atoms with Crippen LogP contribution in [-0.2, 0) is 6.61 Å². The monoisotopic (exact) mass is 306 g/mol. The van der Waals surface area contributed by atoms with Crippen molar-refractivity contribution in [2.24, 2.45) is 0 Å². The summed E-state index contributed by atoms with van der Waals surface area (Å²) in [6.45, 7) is 5.65. The van der Waals surface area contributed by atoms with E-state index in [2.05, 4.69) is 10.3 Å². The fraction of sp³-hybridized carbons (Fsp3) is 0.312. The first kappa shape index (κ1) is 15.4. The number of ether oxygens (including phenoxy) is 2. The maximum atomic E-state index is 6.16. The molecule has 1 aromatic carbocycles. The van der Waals surface area contributed by atoms with Gasteiger partial charge in [0.2, 0.25) is 0 Å². The van der Waals surface area contributed by atoms with E-state index in [1.807, 2.05) is 50.2 Å². The van der Waals surface area contributed by atoms with Gasteiger partial charge in [-0.15, -0.1) is 0 Å². The molecule has 0 aliphatic carbocycles. The molecule has 2 rings (SSSR count). The van der Waals surface area contributed by atoms with Crippen molar-refractivity contribution in [1.82, 2.24) is 4.98 Å². The molecule has 1 N–H and O–H groups in total. The van der Waals surface area contributed by atoms with Crippen LogP contribution in [-0.4, -0.2) is 18.1 Å². The summed E-state index contributed by atoms with van der Waals surface area (Å²) >= 11 is 6.16. The maximum absolute atomic E-state index is 6.16. The number of rotatable bonds is 7. The van der Waals surface area contributed by atoms with Gasteiger partial charge in [0.25, 0.3) is 0 Å². The molecule has 1 heterocycles. The Hall–Kier alpha value is -1.94. The molecular weight excluding hydrogens is 288 g/mol. The second kappa shape index (κ2) is 7.74. The second-order valence-electron chi connectivity index (χ2n) is 4.32. The van der Waals surface area contributed by atoms with Gasteiger partial charge >= 0.3 is 0 Å². The molecular formula is C16H19ClN2O2. The van der Waals surface area contributed by atoms with Crippen molar-refractivity contribution < 1.29 is 9.47 Å². The molecule has 1 aromatic heterocycles. The van der Waals surface area contributed by atoms with Crippen LogP contribution in [0.2, 0.25) is 5.02 Å². The number of benzene rings is 1. The Morgan fingerprint density at radius 1 is 1.05 bits per heavy atom. The SMILES string of the molecule is CCNc1ccc(Cl)c(COc2ccccc2OCC)n1. The number of nitrogens with zero attached hydrogens (tertiary/aromatic N) is 1. The molecule has 0 atom stereocenters. The summed E-state index contributed by atoms with van der Waals surface area (Å²) in [7, 11) is 0. The van der Waals surface area contributed by atoms with Gasteiger partial charge in [-0.05, 0) is 38.1 Å². The standard InChI is InChI=1S/C16H19ClN2O2/c1-3-18-16-10-9-12(17)13(19-16)11-21-15-8-6-5-7-14(15)20-4-2/h5-10H,3-4,11H2,1-2H3,(H,18,19). The van der Waals surface area contributed by atoms with Gasteiger partial charge in [0.15, 0.2) is 11.5 Å². The average molecular weight is 307 g/mol. The molecule has 0 saturated heterocycles. The third-order valence-corrected chi connectivity index (χ3v) is 3.13. The largest absolute Gasteiger partial charge is 0.490 e. The van der Waals surface area contributed by atoms with Crippen LogP contribution >= 0.6 is 11.6 Å². The molecule has 5 heteroatoms. The zero-order valence-electron chi connectivity index (χ0n) is 12.2. The summed E-state index contributed by atoms with van der Waals surface area (Å²) in [6.07, 6.45) is 0. The molecule has 0 aliphatic heterocycles. The predicted octanol–water partition coefficient (Wildman–Crippen LogP) is 4.14. The maximum Gasteiger partial charge on any atom is 0.161 e. The van der Waals surface area contributed by atoms with E-state index in [0.29, 0.717) is 29.7 Å². The average Bonchev–Trinajstić information content (AvgIpc) is 2.50. The Morgan fingerprint density at radius 3 is 2.43 bits per heavy atom. The van der Waals surface area contributed by atoms with Gasteiger partial charge in [-0.25, -0.2) is 4.98 Å². The van der Waals surface area contributed by atoms with Crippen molar-refractivity contribution in [2.45, 2.75) is 20.5 Å². The highest BCUT2D eigenvalue weighted by Crippen LogP contribution is 2.28. The molecule has 0 aliphatic rings. The summed E-state index contributed by atoms with van der Waals surface area (Å²) in [6, 6.07) is 11.2. The third kappa shape index (κ3) is 4.26. The normalized spacial score (nSPS) is 10.2. The van der Waals surface area contributed by atoms with Crippen LogP contribution in [0, 0.1) is 0 Å². The lowest BCUT2D eigenvalue weighted by atomic mass is 10.3. The Labute approximate surface area is 130 Å². The van der Waals surface area contributed by atoms with E-state index in [-0.39, 0.29) is 0 Å². The summed E-state index contributed by atoms with van der Waals surface area (Å²) in [5, 5.41) is 3.74. The van der Waals surface area contributed by atoms with E-state index in [1.165, 1.54) is 0 Å². The first-order valence-electron chi connectivity index (χ1n) is 6.98. The molecule has 4 nitrogen and oxygen atoms in total. The Morgan fingerprint density at radius 2 is 1.76 bits per heavy atom. The number of hydrogen-bond donors (Lipinski definition) is 1. The zero-order chi connectivity index (χ0) is 15.1. The van der Waals surface area contributed by atoms with Crippen LogP contribution in [0.15, 0.2) is 36.4 Å². The zero-order valence-corrected chi connectivity index (χ0v) is 13.0. The molecule has 0 spiro atoms. The molecule has 0 amide bonds. The van der Waals surface area contributed by atoms with Gasteiger partial charge in [0.05, 0.1) is 17.3 Å². The summed E-state index contributed by atoms with van der Waals surface area (Å²) in [4.78, 5) is 4.44. The van der Waals surface area contributed by atoms with Crippen LogP contribution in [0.4, 0.5) is 5.82 Å². The van der Waals surface area contributed by atoms with E-state index in [4.69, 9.17) is 21.1 Å². The summed E-state index contributed by atoms with van der Waals surface area (Å²) < 4.78 is 11.3.